The Morgan fingerprint density at radius 3 is 2.30 bits per heavy atom. The van der Waals surface area contributed by atoms with Crippen LogP contribution >= 0.6 is 0 Å². The summed E-state index contributed by atoms with van der Waals surface area (Å²) in [5.41, 5.74) is 0.0168. The number of halogens is 3. The maximum absolute atomic E-state index is 13.0. The minimum Gasteiger partial charge on any atom is -0.321 e. The van der Waals surface area contributed by atoms with E-state index in [1.54, 1.807) is 12.1 Å². The third-order valence-electron chi connectivity index (χ3n) is 2.54. The second kappa shape index (κ2) is 5.45. The lowest BCUT2D eigenvalue weighted by molar-refractivity contribution is 0.102. The molecule has 0 radical (unpaired) electrons. The quantitative estimate of drug-likeness (QED) is 0.856. The summed E-state index contributed by atoms with van der Waals surface area (Å²) in [6.07, 6.45) is 0. The second-order valence-corrected chi connectivity index (χ2v) is 3.87. The van der Waals surface area contributed by atoms with Gasteiger partial charge in [0, 0.05) is 5.56 Å². The van der Waals surface area contributed by atoms with Gasteiger partial charge in [0.25, 0.3) is 5.91 Å². The molecule has 6 heteroatoms. The van der Waals surface area contributed by atoms with Crippen molar-refractivity contribution in [2.24, 2.45) is 0 Å². The molecule has 0 saturated carbocycles. The van der Waals surface area contributed by atoms with Gasteiger partial charge in [-0.15, -0.1) is 0 Å². The number of rotatable bonds is 2. The van der Waals surface area contributed by atoms with Crippen LogP contribution < -0.4 is 5.32 Å². The van der Waals surface area contributed by atoms with Crippen molar-refractivity contribution in [3.8, 4) is 6.07 Å². The molecule has 0 spiro atoms. The molecule has 100 valence electrons. The van der Waals surface area contributed by atoms with Gasteiger partial charge in [0.2, 0.25) is 0 Å². The summed E-state index contributed by atoms with van der Waals surface area (Å²) >= 11 is 0. The van der Waals surface area contributed by atoms with E-state index in [2.05, 4.69) is 5.32 Å². The maximum Gasteiger partial charge on any atom is 0.255 e. The van der Waals surface area contributed by atoms with Crippen molar-refractivity contribution in [1.82, 2.24) is 0 Å². The van der Waals surface area contributed by atoms with Crippen LogP contribution in [0.4, 0.5) is 18.9 Å². The van der Waals surface area contributed by atoms with E-state index in [-0.39, 0.29) is 16.8 Å². The molecule has 0 atom stereocenters. The molecule has 3 nitrogen and oxygen atoms in total. The largest absolute Gasteiger partial charge is 0.321 e. The number of nitrogens with zero attached hydrogens (tertiary/aromatic N) is 1. The first-order valence-corrected chi connectivity index (χ1v) is 5.48. The van der Waals surface area contributed by atoms with E-state index >= 15 is 0 Å². The Balaban J connectivity index is 2.32. The van der Waals surface area contributed by atoms with Crippen LogP contribution in [0, 0.1) is 28.8 Å². The molecule has 2 rings (SSSR count). The number of benzene rings is 2. The van der Waals surface area contributed by atoms with Crippen LogP contribution in [0.25, 0.3) is 0 Å². The Kier molecular flexibility index (Phi) is 3.71. The van der Waals surface area contributed by atoms with Crippen LogP contribution in [0.3, 0.4) is 0 Å². The predicted molar refractivity (Wildman–Crippen MR) is 65.4 cm³/mol. The molecule has 0 saturated heterocycles. The molecular weight excluding hydrogens is 269 g/mol. The van der Waals surface area contributed by atoms with Crippen molar-refractivity contribution in [1.29, 1.82) is 5.26 Å². The molecule has 0 aliphatic rings. The van der Waals surface area contributed by atoms with Gasteiger partial charge in [-0.2, -0.15) is 5.26 Å². The average Bonchev–Trinajstić information content (AvgIpc) is 2.44. The van der Waals surface area contributed by atoms with Gasteiger partial charge in [0.05, 0.1) is 11.3 Å². The molecule has 0 fully saturated rings. The smallest absolute Gasteiger partial charge is 0.255 e. The highest BCUT2D eigenvalue weighted by molar-refractivity contribution is 6.04. The zero-order chi connectivity index (χ0) is 14.7. The highest BCUT2D eigenvalue weighted by Gasteiger charge is 2.15. The molecule has 0 aliphatic heterocycles. The number of anilines is 1. The number of para-hydroxylation sites is 1. The number of carbonyl (C=O) groups excluding carboxylic acids is 1. The summed E-state index contributed by atoms with van der Waals surface area (Å²) in [6, 6.07) is 9.16. The Labute approximate surface area is 112 Å². The fraction of sp³-hybridized carbons (Fsp3) is 0. The molecule has 0 aromatic heterocycles. The highest BCUT2D eigenvalue weighted by Crippen LogP contribution is 2.17. The molecule has 1 N–H and O–H groups in total. The normalized spacial score (nSPS) is 9.90. The summed E-state index contributed by atoms with van der Waals surface area (Å²) < 4.78 is 38.9. The number of amides is 1. The van der Waals surface area contributed by atoms with E-state index in [0.29, 0.717) is 12.1 Å². The molecular formula is C14H7F3N2O. The van der Waals surface area contributed by atoms with Gasteiger partial charge < -0.3 is 5.32 Å². The molecule has 0 heterocycles. The molecule has 2 aromatic carbocycles. The summed E-state index contributed by atoms with van der Waals surface area (Å²) in [5, 5.41) is 11.2. The first-order chi connectivity index (χ1) is 9.52. The molecule has 0 aliphatic carbocycles. The monoisotopic (exact) mass is 276 g/mol. The number of carbonyl (C=O) groups is 1. The van der Waals surface area contributed by atoms with Crippen molar-refractivity contribution < 1.29 is 18.0 Å². The first-order valence-electron chi connectivity index (χ1n) is 5.48. The standard InChI is InChI=1S/C14H7F3N2O/c15-10-5-9(6-11(16)13(10)17)14(20)19-12-4-2-1-3-8(12)7-18/h1-6H,(H,19,20). The third-order valence-corrected chi connectivity index (χ3v) is 2.54. The van der Waals surface area contributed by atoms with Gasteiger partial charge in [-0.1, -0.05) is 12.1 Å². The Morgan fingerprint density at radius 2 is 1.70 bits per heavy atom. The molecule has 1 amide bonds. The zero-order valence-corrected chi connectivity index (χ0v) is 9.95. The van der Waals surface area contributed by atoms with Gasteiger partial charge in [-0.3, -0.25) is 4.79 Å². The van der Waals surface area contributed by atoms with Gasteiger partial charge >= 0.3 is 0 Å². The summed E-state index contributed by atoms with van der Waals surface area (Å²) in [7, 11) is 0. The van der Waals surface area contributed by atoms with Crippen molar-refractivity contribution in [3.63, 3.8) is 0 Å². The van der Waals surface area contributed by atoms with Gasteiger partial charge in [-0.25, -0.2) is 13.2 Å². The predicted octanol–water partition coefficient (Wildman–Crippen LogP) is 3.23. The van der Waals surface area contributed by atoms with E-state index in [9.17, 15) is 18.0 Å². The topological polar surface area (TPSA) is 52.9 Å². The number of hydrogen-bond acceptors (Lipinski definition) is 2. The number of nitriles is 1. The maximum atomic E-state index is 13.0. The van der Waals surface area contributed by atoms with E-state index in [0.717, 1.165) is 0 Å². The van der Waals surface area contributed by atoms with E-state index in [4.69, 9.17) is 5.26 Å². The van der Waals surface area contributed by atoms with Crippen LogP contribution in [0.5, 0.6) is 0 Å². The average molecular weight is 276 g/mol. The minimum atomic E-state index is -1.64. The Morgan fingerprint density at radius 1 is 1.10 bits per heavy atom. The number of nitrogens with one attached hydrogen (secondary N) is 1. The lowest BCUT2D eigenvalue weighted by atomic mass is 10.1. The van der Waals surface area contributed by atoms with Crippen molar-refractivity contribution in [2.45, 2.75) is 0 Å². The van der Waals surface area contributed by atoms with Crippen LogP contribution in [-0.4, -0.2) is 5.91 Å². The second-order valence-electron chi connectivity index (χ2n) is 3.87. The van der Waals surface area contributed by atoms with Crippen molar-refractivity contribution >= 4 is 11.6 Å². The van der Waals surface area contributed by atoms with E-state index < -0.39 is 23.4 Å². The highest BCUT2D eigenvalue weighted by atomic mass is 19.2. The minimum absolute atomic E-state index is 0.198. The van der Waals surface area contributed by atoms with Crippen molar-refractivity contribution in [3.05, 3.63) is 65.0 Å². The first kappa shape index (κ1) is 13.6. The molecule has 20 heavy (non-hydrogen) atoms. The zero-order valence-electron chi connectivity index (χ0n) is 9.95. The molecule has 2 aromatic rings. The van der Waals surface area contributed by atoms with Crippen molar-refractivity contribution in [2.75, 3.05) is 5.32 Å². The summed E-state index contributed by atoms with van der Waals surface area (Å²) in [5.74, 6) is -5.39. The number of hydrogen-bond donors (Lipinski definition) is 1. The van der Waals surface area contributed by atoms with Gasteiger partial charge in [-0.05, 0) is 24.3 Å². The van der Waals surface area contributed by atoms with Gasteiger partial charge in [0.1, 0.15) is 6.07 Å². The van der Waals surface area contributed by atoms with Gasteiger partial charge in [0.15, 0.2) is 17.5 Å². The fourth-order valence-electron chi connectivity index (χ4n) is 1.57. The summed E-state index contributed by atoms with van der Waals surface area (Å²) in [4.78, 5) is 11.8. The lowest BCUT2D eigenvalue weighted by Crippen LogP contribution is -2.14. The molecule has 0 bridgehead atoms. The van der Waals surface area contributed by atoms with Crippen LogP contribution in [0.1, 0.15) is 15.9 Å². The lowest BCUT2D eigenvalue weighted by Gasteiger charge is -2.07. The van der Waals surface area contributed by atoms with E-state index in [1.807, 2.05) is 6.07 Å². The SMILES string of the molecule is N#Cc1ccccc1NC(=O)c1cc(F)c(F)c(F)c1. The Hall–Kier alpha value is -2.81. The van der Waals surface area contributed by atoms with E-state index in [1.165, 1.54) is 12.1 Å². The van der Waals surface area contributed by atoms with Crippen LogP contribution in [0.2, 0.25) is 0 Å². The van der Waals surface area contributed by atoms with Crippen LogP contribution in [-0.2, 0) is 0 Å². The molecule has 0 unspecified atom stereocenters. The van der Waals surface area contributed by atoms with Crippen LogP contribution in [0.15, 0.2) is 36.4 Å². The third kappa shape index (κ3) is 2.62. The fourth-order valence-corrected chi connectivity index (χ4v) is 1.57. The summed E-state index contributed by atoms with van der Waals surface area (Å²) in [6.45, 7) is 0. The Bertz CT molecular complexity index is 700.